The number of thioether (sulfide) groups is 2. The molecule has 0 spiro atoms. The van der Waals surface area contributed by atoms with Crippen molar-refractivity contribution in [1.29, 1.82) is 0 Å². The normalized spacial score (nSPS) is 17.0. The van der Waals surface area contributed by atoms with Crippen LogP contribution in [0.1, 0.15) is 23.6 Å². The van der Waals surface area contributed by atoms with Gasteiger partial charge in [0.25, 0.3) is 0 Å². The number of hydrogen-bond donors (Lipinski definition) is 0. The van der Waals surface area contributed by atoms with Crippen molar-refractivity contribution >= 4 is 34.3 Å². The predicted octanol–water partition coefficient (Wildman–Crippen LogP) is 6.19. The second-order valence-electron chi connectivity index (χ2n) is 5.82. The highest BCUT2D eigenvalue weighted by Crippen LogP contribution is 2.51. The average molecular weight is 322 g/mol. The summed E-state index contributed by atoms with van der Waals surface area (Å²) in [5.74, 6) is 2.12. The molecule has 0 amide bonds. The van der Waals surface area contributed by atoms with E-state index in [-0.39, 0.29) is 4.08 Å². The molecule has 0 radical (unpaired) electrons. The molecule has 1 aliphatic rings. The van der Waals surface area contributed by atoms with E-state index in [1.54, 1.807) is 0 Å². The predicted molar refractivity (Wildman–Crippen MR) is 100 cm³/mol. The lowest BCUT2D eigenvalue weighted by Gasteiger charge is -2.31. The van der Waals surface area contributed by atoms with Gasteiger partial charge in [-0.25, -0.2) is 0 Å². The summed E-state index contributed by atoms with van der Waals surface area (Å²) in [5, 5.41) is 2.85. The van der Waals surface area contributed by atoms with Gasteiger partial charge in [-0.15, -0.1) is 23.5 Å². The van der Waals surface area contributed by atoms with Crippen LogP contribution in [0.15, 0.2) is 66.7 Å². The van der Waals surface area contributed by atoms with Gasteiger partial charge in [-0.3, -0.25) is 0 Å². The highest BCUT2D eigenvalue weighted by Gasteiger charge is 2.29. The molecule has 0 nitrogen and oxygen atoms in total. The van der Waals surface area contributed by atoms with E-state index >= 15 is 0 Å². The van der Waals surface area contributed by atoms with Crippen molar-refractivity contribution in [3.8, 4) is 0 Å². The standard InChI is InChI=1S/C20H18S2/c1-20(18-11-3-2-4-12-18)21-13-16-9-5-7-15-8-6-10-17(14-22-20)19(15)16/h2-12H,13-14H2,1H3. The Balaban J connectivity index is 1.79. The van der Waals surface area contributed by atoms with Crippen molar-refractivity contribution in [1.82, 2.24) is 0 Å². The molecule has 0 aliphatic carbocycles. The van der Waals surface area contributed by atoms with Crippen LogP contribution in [-0.4, -0.2) is 0 Å². The van der Waals surface area contributed by atoms with Crippen molar-refractivity contribution in [2.24, 2.45) is 0 Å². The SMILES string of the molecule is CC1(c2ccccc2)SCc2cccc3cccc(c23)CS1. The molecule has 3 aromatic rings. The summed E-state index contributed by atoms with van der Waals surface area (Å²) in [6, 6.07) is 24.3. The molecule has 0 fully saturated rings. The highest BCUT2D eigenvalue weighted by atomic mass is 32.2. The molecule has 110 valence electrons. The summed E-state index contributed by atoms with van der Waals surface area (Å²) in [6.45, 7) is 2.37. The first-order valence-corrected chi connectivity index (χ1v) is 9.56. The first kappa shape index (κ1) is 14.2. The Labute approximate surface area is 140 Å². The Morgan fingerprint density at radius 1 is 0.727 bits per heavy atom. The van der Waals surface area contributed by atoms with E-state index in [4.69, 9.17) is 0 Å². The van der Waals surface area contributed by atoms with E-state index in [1.165, 1.54) is 27.5 Å². The Hall–Kier alpha value is -1.38. The van der Waals surface area contributed by atoms with Crippen LogP contribution in [0.3, 0.4) is 0 Å². The fourth-order valence-electron chi connectivity index (χ4n) is 3.12. The second-order valence-corrected chi connectivity index (χ2v) is 8.87. The Morgan fingerprint density at radius 2 is 1.32 bits per heavy atom. The molecule has 1 heterocycles. The van der Waals surface area contributed by atoms with Crippen molar-refractivity contribution in [3.63, 3.8) is 0 Å². The minimum atomic E-state index is 0.108. The zero-order valence-electron chi connectivity index (χ0n) is 12.6. The molecule has 0 atom stereocenters. The van der Waals surface area contributed by atoms with E-state index in [9.17, 15) is 0 Å². The largest absolute Gasteiger partial charge is 0.135 e. The first-order valence-electron chi connectivity index (χ1n) is 7.59. The van der Waals surface area contributed by atoms with Gasteiger partial charge in [-0.2, -0.15) is 0 Å². The number of benzene rings is 3. The molecule has 0 aromatic heterocycles. The maximum absolute atomic E-state index is 2.37. The van der Waals surface area contributed by atoms with Gasteiger partial charge in [0.1, 0.15) is 0 Å². The summed E-state index contributed by atoms with van der Waals surface area (Å²) in [4.78, 5) is 0. The van der Waals surface area contributed by atoms with E-state index in [1.807, 2.05) is 0 Å². The van der Waals surface area contributed by atoms with Gasteiger partial charge >= 0.3 is 0 Å². The Bertz CT molecular complexity index is 766. The molecule has 0 N–H and O–H groups in total. The van der Waals surface area contributed by atoms with Crippen LogP contribution in [0.2, 0.25) is 0 Å². The zero-order chi connectivity index (χ0) is 15.0. The molecular weight excluding hydrogens is 304 g/mol. The number of hydrogen-bond acceptors (Lipinski definition) is 2. The third kappa shape index (κ3) is 2.45. The van der Waals surface area contributed by atoms with E-state index < -0.39 is 0 Å². The lowest BCUT2D eigenvalue weighted by Crippen LogP contribution is -2.15. The smallest absolute Gasteiger partial charge is 0.0838 e. The monoisotopic (exact) mass is 322 g/mol. The minimum Gasteiger partial charge on any atom is -0.135 e. The minimum absolute atomic E-state index is 0.108. The lowest BCUT2D eigenvalue weighted by molar-refractivity contribution is 1.00. The molecule has 4 rings (SSSR count). The summed E-state index contributed by atoms with van der Waals surface area (Å²) in [5.41, 5.74) is 4.36. The molecule has 0 bridgehead atoms. The van der Waals surface area contributed by atoms with Crippen LogP contribution in [-0.2, 0) is 15.6 Å². The van der Waals surface area contributed by atoms with Gasteiger partial charge in [0, 0.05) is 11.5 Å². The maximum Gasteiger partial charge on any atom is 0.0838 e. The average Bonchev–Trinajstić information content (AvgIpc) is 2.57. The number of rotatable bonds is 1. The topological polar surface area (TPSA) is 0 Å². The van der Waals surface area contributed by atoms with Crippen LogP contribution >= 0.6 is 23.5 Å². The third-order valence-electron chi connectivity index (χ3n) is 4.38. The molecule has 1 aliphatic heterocycles. The van der Waals surface area contributed by atoms with Gasteiger partial charge in [0.15, 0.2) is 0 Å². The van der Waals surface area contributed by atoms with E-state index in [0.717, 1.165) is 11.5 Å². The van der Waals surface area contributed by atoms with Crippen LogP contribution in [0.4, 0.5) is 0 Å². The fraction of sp³-hybridized carbons (Fsp3) is 0.200. The van der Waals surface area contributed by atoms with Crippen molar-refractivity contribution in [3.05, 3.63) is 83.4 Å². The van der Waals surface area contributed by atoms with Crippen LogP contribution in [0.5, 0.6) is 0 Å². The Morgan fingerprint density at radius 3 is 1.91 bits per heavy atom. The van der Waals surface area contributed by atoms with E-state index in [2.05, 4.69) is 97.2 Å². The molecular formula is C20H18S2. The van der Waals surface area contributed by atoms with Crippen LogP contribution < -0.4 is 0 Å². The van der Waals surface area contributed by atoms with Crippen LogP contribution in [0, 0.1) is 0 Å². The van der Waals surface area contributed by atoms with Gasteiger partial charge in [-0.1, -0.05) is 66.7 Å². The molecule has 0 saturated carbocycles. The van der Waals surface area contributed by atoms with Crippen molar-refractivity contribution < 1.29 is 0 Å². The summed E-state index contributed by atoms with van der Waals surface area (Å²) in [7, 11) is 0. The Kier molecular flexibility index (Phi) is 3.67. The van der Waals surface area contributed by atoms with Crippen LogP contribution in [0.25, 0.3) is 10.8 Å². The quantitative estimate of drug-likeness (QED) is 0.523. The second kappa shape index (κ2) is 5.68. The van der Waals surface area contributed by atoms with Gasteiger partial charge in [-0.05, 0) is 34.4 Å². The van der Waals surface area contributed by atoms with Gasteiger partial charge < -0.3 is 0 Å². The fourth-order valence-corrected chi connectivity index (χ4v) is 5.76. The first-order chi connectivity index (χ1) is 10.8. The third-order valence-corrected chi connectivity index (χ3v) is 7.57. The van der Waals surface area contributed by atoms with Gasteiger partial charge in [0.05, 0.1) is 4.08 Å². The molecule has 2 heteroatoms. The van der Waals surface area contributed by atoms with Crippen molar-refractivity contribution in [2.75, 3.05) is 0 Å². The molecule has 0 saturated heterocycles. The molecule has 0 unspecified atom stereocenters. The summed E-state index contributed by atoms with van der Waals surface area (Å²) >= 11 is 4.10. The highest BCUT2D eigenvalue weighted by molar-refractivity contribution is 8.16. The zero-order valence-corrected chi connectivity index (χ0v) is 14.2. The summed E-state index contributed by atoms with van der Waals surface area (Å²) < 4.78 is 0.108. The summed E-state index contributed by atoms with van der Waals surface area (Å²) in [6.07, 6.45) is 0. The molecule has 3 aromatic carbocycles. The maximum atomic E-state index is 2.37. The van der Waals surface area contributed by atoms with Gasteiger partial charge in [0.2, 0.25) is 0 Å². The lowest BCUT2D eigenvalue weighted by atomic mass is 10.0. The van der Waals surface area contributed by atoms with Crippen molar-refractivity contribution in [2.45, 2.75) is 22.5 Å². The molecule has 22 heavy (non-hydrogen) atoms. The van der Waals surface area contributed by atoms with E-state index in [0.29, 0.717) is 0 Å².